The zero-order valence-corrected chi connectivity index (χ0v) is 21.2. The Morgan fingerprint density at radius 1 is 1.19 bits per heavy atom. The Morgan fingerprint density at radius 3 is 2.65 bits per heavy atom. The average molecular weight is 575 g/mol. The number of carbonyl (C=O) groups excluding carboxylic acids is 1. The Hall–Kier alpha value is -3.67. The Morgan fingerprint density at radius 2 is 1.95 bits per heavy atom. The molecular weight excluding hydrogens is 553 g/mol. The molecule has 3 aromatic heterocycles. The van der Waals surface area contributed by atoms with Crippen LogP contribution in [0.3, 0.4) is 0 Å². The van der Waals surface area contributed by atoms with Crippen molar-refractivity contribution in [2.45, 2.75) is 37.4 Å². The highest BCUT2D eigenvalue weighted by atomic mass is 79.9. The maximum Gasteiger partial charge on any atom is 0.418 e. The molecule has 1 saturated carbocycles. The number of nitrogens with one attached hydrogen (secondary N) is 1. The van der Waals surface area contributed by atoms with Crippen LogP contribution in [0.2, 0.25) is 0 Å². The van der Waals surface area contributed by atoms with E-state index in [1.165, 1.54) is 24.9 Å². The Kier molecular flexibility index (Phi) is 6.52. The van der Waals surface area contributed by atoms with Gasteiger partial charge in [0.25, 0.3) is 5.91 Å². The largest absolute Gasteiger partial charge is 0.480 e. The summed E-state index contributed by atoms with van der Waals surface area (Å²) in [5.74, 6) is -0.342. The van der Waals surface area contributed by atoms with Crippen LogP contribution in [-0.4, -0.2) is 38.6 Å². The predicted octanol–water partition coefficient (Wildman–Crippen LogP) is 5.23. The standard InChI is InChI=1S/C25H22BrF3N6O2/c1-37-24-18(23(36)34-17-7-4-14(8-17)13-2-5-16(26)6-3-13)9-15(11-31-24)20-10-19(25(27,28)29)21-22(30)32-12-33-35(20)21/h2-3,5-6,9-12,14,17H,4,7-8H2,1H3,(H,34,36)(H2,30,32,33). The number of nitrogens with zero attached hydrogens (tertiary/aromatic N) is 4. The lowest BCUT2D eigenvalue weighted by Crippen LogP contribution is -2.33. The molecule has 1 aliphatic rings. The highest BCUT2D eigenvalue weighted by molar-refractivity contribution is 9.10. The molecule has 0 aliphatic heterocycles. The van der Waals surface area contributed by atoms with Crippen molar-refractivity contribution in [3.63, 3.8) is 0 Å². The van der Waals surface area contributed by atoms with Crippen LogP contribution in [0.4, 0.5) is 19.0 Å². The number of amides is 1. The Labute approximate surface area is 218 Å². The second-order valence-corrected chi connectivity index (χ2v) is 9.78. The van der Waals surface area contributed by atoms with E-state index >= 15 is 0 Å². The first kappa shape index (κ1) is 25.0. The normalized spacial score (nSPS) is 17.8. The smallest absolute Gasteiger partial charge is 0.418 e. The van der Waals surface area contributed by atoms with Gasteiger partial charge in [0.1, 0.15) is 17.4 Å². The maximum absolute atomic E-state index is 13.7. The summed E-state index contributed by atoms with van der Waals surface area (Å²) in [6.07, 6.45) is 0.219. The molecule has 12 heteroatoms. The Balaban J connectivity index is 1.44. The van der Waals surface area contributed by atoms with Gasteiger partial charge in [-0.05, 0) is 55.0 Å². The molecule has 3 N–H and O–H groups in total. The second kappa shape index (κ2) is 9.66. The number of alkyl halides is 3. The minimum Gasteiger partial charge on any atom is -0.480 e. The quantitative estimate of drug-likeness (QED) is 0.338. The van der Waals surface area contributed by atoms with E-state index in [9.17, 15) is 18.0 Å². The molecule has 0 bridgehead atoms. The molecule has 1 amide bonds. The van der Waals surface area contributed by atoms with Gasteiger partial charge < -0.3 is 15.8 Å². The zero-order chi connectivity index (χ0) is 26.3. The van der Waals surface area contributed by atoms with E-state index in [2.05, 4.69) is 48.4 Å². The van der Waals surface area contributed by atoms with Gasteiger partial charge in [0.15, 0.2) is 5.82 Å². The molecule has 1 aromatic carbocycles. The minimum absolute atomic E-state index is 0.0620. The van der Waals surface area contributed by atoms with Gasteiger partial charge in [-0.3, -0.25) is 4.79 Å². The van der Waals surface area contributed by atoms with Crippen LogP contribution in [0, 0.1) is 0 Å². The number of nitrogens with two attached hydrogens (primary N) is 1. The molecule has 0 radical (unpaired) electrons. The highest BCUT2D eigenvalue weighted by Crippen LogP contribution is 2.39. The molecule has 0 spiro atoms. The van der Waals surface area contributed by atoms with Crippen molar-refractivity contribution in [2.75, 3.05) is 12.8 Å². The van der Waals surface area contributed by atoms with Crippen molar-refractivity contribution in [3.05, 3.63) is 70.1 Å². The fourth-order valence-corrected chi connectivity index (χ4v) is 5.09. The summed E-state index contributed by atoms with van der Waals surface area (Å²) in [4.78, 5) is 21.1. The number of aromatic nitrogens is 4. The number of carbonyl (C=O) groups is 1. The van der Waals surface area contributed by atoms with Crippen molar-refractivity contribution in [1.82, 2.24) is 24.9 Å². The minimum atomic E-state index is -4.68. The molecule has 37 heavy (non-hydrogen) atoms. The van der Waals surface area contributed by atoms with Gasteiger partial charge in [-0.25, -0.2) is 14.5 Å². The van der Waals surface area contributed by atoms with E-state index in [0.717, 1.165) is 40.6 Å². The summed E-state index contributed by atoms with van der Waals surface area (Å²) >= 11 is 3.44. The molecule has 3 heterocycles. The number of benzene rings is 1. The predicted molar refractivity (Wildman–Crippen MR) is 134 cm³/mol. The van der Waals surface area contributed by atoms with Crippen molar-refractivity contribution in [2.24, 2.45) is 0 Å². The number of halogens is 4. The van der Waals surface area contributed by atoms with Gasteiger partial charge >= 0.3 is 6.18 Å². The van der Waals surface area contributed by atoms with Crippen molar-refractivity contribution >= 4 is 33.2 Å². The number of fused-ring (bicyclic) bond motifs is 1. The van der Waals surface area contributed by atoms with Crippen LogP contribution >= 0.6 is 15.9 Å². The average Bonchev–Trinajstić information content (AvgIpc) is 3.50. The second-order valence-electron chi connectivity index (χ2n) is 8.86. The van der Waals surface area contributed by atoms with E-state index < -0.39 is 17.6 Å². The van der Waals surface area contributed by atoms with Crippen molar-refractivity contribution in [1.29, 1.82) is 0 Å². The first-order valence-electron chi connectivity index (χ1n) is 11.5. The summed E-state index contributed by atoms with van der Waals surface area (Å²) in [6.45, 7) is 0. The molecule has 0 saturated heterocycles. The summed E-state index contributed by atoms with van der Waals surface area (Å²) < 4.78 is 48.5. The van der Waals surface area contributed by atoms with Crippen molar-refractivity contribution < 1.29 is 22.7 Å². The van der Waals surface area contributed by atoms with E-state index in [1.54, 1.807) is 0 Å². The maximum atomic E-state index is 13.7. The van der Waals surface area contributed by atoms with Crippen LogP contribution in [0.5, 0.6) is 5.88 Å². The van der Waals surface area contributed by atoms with E-state index in [0.29, 0.717) is 5.92 Å². The molecule has 192 valence electrons. The highest BCUT2D eigenvalue weighted by Gasteiger charge is 2.37. The van der Waals surface area contributed by atoms with Gasteiger partial charge in [-0.15, -0.1) is 0 Å². The fraction of sp³-hybridized carbons (Fsp3) is 0.280. The van der Waals surface area contributed by atoms with E-state index in [4.69, 9.17) is 10.5 Å². The number of rotatable bonds is 5. The van der Waals surface area contributed by atoms with Gasteiger partial charge in [0.05, 0.1) is 18.4 Å². The number of methoxy groups -OCH3 is 1. The summed E-state index contributed by atoms with van der Waals surface area (Å²) in [6, 6.07) is 10.4. The molecule has 8 nitrogen and oxygen atoms in total. The molecule has 2 atom stereocenters. The van der Waals surface area contributed by atoms with Crippen LogP contribution in [0.15, 0.2) is 53.4 Å². The van der Waals surface area contributed by atoms with Crippen LogP contribution in [0.1, 0.15) is 46.7 Å². The van der Waals surface area contributed by atoms with Gasteiger partial charge in [-0.1, -0.05) is 28.1 Å². The van der Waals surface area contributed by atoms with Crippen molar-refractivity contribution in [3.8, 4) is 17.1 Å². The third kappa shape index (κ3) is 4.85. The topological polar surface area (TPSA) is 107 Å². The third-order valence-corrected chi connectivity index (χ3v) is 7.11. The number of nitrogen functional groups attached to an aromatic ring is 1. The van der Waals surface area contributed by atoms with Crippen LogP contribution in [-0.2, 0) is 6.18 Å². The Bertz CT molecular complexity index is 1470. The number of hydrogen-bond acceptors (Lipinski definition) is 6. The van der Waals surface area contributed by atoms with E-state index in [-0.39, 0.29) is 40.1 Å². The first-order valence-corrected chi connectivity index (χ1v) is 12.2. The molecule has 1 fully saturated rings. The number of hydrogen-bond donors (Lipinski definition) is 2. The number of ether oxygens (including phenoxy) is 1. The molecule has 5 rings (SSSR count). The SMILES string of the molecule is COc1ncc(-c2cc(C(F)(F)F)c3c(N)ncnn23)cc1C(=O)NC1CCC(c2ccc(Br)cc2)C1. The van der Waals surface area contributed by atoms with Gasteiger partial charge in [0, 0.05) is 22.3 Å². The molecular formula is C25H22BrF3N6O2. The summed E-state index contributed by atoms with van der Waals surface area (Å²) in [5.41, 5.74) is 6.03. The van der Waals surface area contributed by atoms with Crippen LogP contribution < -0.4 is 15.8 Å². The van der Waals surface area contributed by atoms with Crippen LogP contribution in [0.25, 0.3) is 16.8 Å². The fourth-order valence-electron chi connectivity index (χ4n) is 4.82. The van der Waals surface area contributed by atoms with E-state index in [1.807, 2.05) is 12.1 Å². The summed E-state index contributed by atoms with van der Waals surface area (Å²) in [5, 5.41) is 6.99. The molecule has 4 aromatic rings. The molecule has 2 unspecified atom stereocenters. The first-order chi connectivity index (χ1) is 17.7. The zero-order valence-electron chi connectivity index (χ0n) is 19.6. The number of pyridine rings is 1. The summed E-state index contributed by atoms with van der Waals surface area (Å²) in [7, 11) is 1.38. The lowest BCUT2D eigenvalue weighted by Gasteiger charge is -2.15. The molecule has 1 aliphatic carbocycles. The third-order valence-electron chi connectivity index (χ3n) is 6.58. The van der Waals surface area contributed by atoms with Gasteiger partial charge in [-0.2, -0.15) is 18.3 Å². The lowest BCUT2D eigenvalue weighted by atomic mass is 9.97. The van der Waals surface area contributed by atoms with Gasteiger partial charge in [0.2, 0.25) is 5.88 Å². The monoisotopic (exact) mass is 574 g/mol. The number of anilines is 1. The lowest BCUT2D eigenvalue weighted by molar-refractivity contribution is -0.136.